The monoisotopic (exact) mass is 239 g/mol. The highest BCUT2D eigenvalue weighted by Crippen LogP contribution is 2.23. The third-order valence-corrected chi connectivity index (χ3v) is 1.65. The Morgan fingerprint density at radius 1 is 1.58 bits per heavy atom. The Morgan fingerprint density at radius 2 is 2.17 bits per heavy atom. The van der Waals surface area contributed by atoms with Crippen molar-refractivity contribution in [2.45, 2.75) is 6.43 Å². The summed E-state index contributed by atoms with van der Waals surface area (Å²) in [7, 11) is 0. The van der Waals surface area contributed by atoms with E-state index in [0.717, 1.165) is 6.07 Å². The van der Waals surface area contributed by atoms with Crippen molar-refractivity contribution in [2.75, 3.05) is 0 Å². The third-order valence-electron chi connectivity index (χ3n) is 1.22. The van der Waals surface area contributed by atoms with Gasteiger partial charge in [0.15, 0.2) is 5.75 Å². The van der Waals surface area contributed by atoms with Crippen LogP contribution in [0.4, 0.5) is 8.78 Å². The van der Waals surface area contributed by atoms with Crippen LogP contribution in [-0.2, 0) is 0 Å². The lowest BCUT2D eigenvalue weighted by atomic mass is 10.3. The number of nitrogens with one attached hydrogen (secondary N) is 1. The highest BCUT2D eigenvalue weighted by molar-refractivity contribution is 9.10. The Labute approximate surface area is 74.2 Å². The molecular formula is C6H4BrF2NO2. The van der Waals surface area contributed by atoms with Crippen LogP contribution in [0.2, 0.25) is 0 Å². The Hall–Kier alpha value is -0.910. The van der Waals surface area contributed by atoms with Crippen molar-refractivity contribution < 1.29 is 13.9 Å². The summed E-state index contributed by atoms with van der Waals surface area (Å²) in [4.78, 5) is 12.9. The fourth-order valence-corrected chi connectivity index (χ4v) is 1.12. The predicted octanol–water partition coefficient (Wildman–Crippen LogP) is 1.78. The van der Waals surface area contributed by atoms with Gasteiger partial charge in [-0.05, 0) is 15.9 Å². The second-order valence-electron chi connectivity index (χ2n) is 2.04. The molecule has 2 N–H and O–H groups in total. The molecule has 0 fully saturated rings. The van der Waals surface area contributed by atoms with Gasteiger partial charge < -0.3 is 10.1 Å². The Bertz CT molecular complexity index is 350. The first-order valence-electron chi connectivity index (χ1n) is 2.92. The first-order valence-corrected chi connectivity index (χ1v) is 3.71. The minimum absolute atomic E-state index is 0.112. The summed E-state index contributed by atoms with van der Waals surface area (Å²) in [6.45, 7) is 0. The summed E-state index contributed by atoms with van der Waals surface area (Å²) < 4.78 is 24.2. The second kappa shape index (κ2) is 3.22. The van der Waals surface area contributed by atoms with E-state index in [4.69, 9.17) is 5.11 Å². The first kappa shape index (κ1) is 9.18. The molecule has 0 saturated heterocycles. The number of aromatic hydroxyl groups is 1. The van der Waals surface area contributed by atoms with Crippen molar-refractivity contribution >= 4 is 15.9 Å². The fourth-order valence-electron chi connectivity index (χ4n) is 0.698. The molecule has 0 unspecified atom stereocenters. The van der Waals surface area contributed by atoms with Gasteiger partial charge in [0.2, 0.25) is 5.43 Å². The minimum Gasteiger partial charge on any atom is -0.503 e. The molecule has 0 amide bonds. The lowest BCUT2D eigenvalue weighted by Crippen LogP contribution is -2.05. The van der Waals surface area contributed by atoms with Crippen LogP contribution in [0.3, 0.4) is 0 Å². The number of alkyl halides is 2. The van der Waals surface area contributed by atoms with Gasteiger partial charge in [-0.25, -0.2) is 8.78 Å². The number of aromatic amines is 1. The SMILES string of the molecule is O=c1cc(Br)[nH]c(C(F)F)c1O. The Morgan fingerprint density at radius 3 is 2.67 bits per heavy atom. The zero-order valence-corrected chi connectivity index (χ0v) is 7.23. The molecular weight excluding hydrogens is 236 g/mol. The molecule has 3 nitrogen and oxygen atoms in total. The van der Waals surface area contributed by atoms with E-state index < -0.39 is 23.3 Å². The van der Waals surface area contributed by atoms with Gasteiger partial charge in [-0.15, -0.1) is 0 Å². The first-order chi connectivity index (χ1) is 5.52. The molecule has 0 aliphatic heterocycles. The molecule has 0 bridgehead atoms. The van der Waals surface area contributed by atoms with Gasteiger partial charge in [-0.3, -0.25) is 4.79 Å². The van der Waals surface area contributed by atoms with E-state index in [1.807, 2.05) is 0 Å². The fraction of sp³-hybridized carbons (Fsp3) is 0.167. The molecule has 0 saturated carbocycles. The van der Waals surface area contributed by atoms with E-state index in [9.17, 15) is 13.6 Å². The van der Waals surface area contributed by atoms with Gasteiger partial charge in [0.05, 0.1) is 4.60 Å². The van der Waals surface area contributed by atoms with E-state index in [1.54, 1.807) is 0 Å². The topological polar surface area (TPSA) is 53.1 Å². The Kier molecular flexibility index (Phi) is 2.46. The molecule has 1 aromatic rings. The quantitative estimate of drug-likeness (QED) is 0.735. The summed E-state index contributed by atoms with van der Waals surface area (Å²) in [6, 6.07) is 0.973. The Balaban J connectivity index is 3.38. The van der Waals surface area contributed by atoms with Crippen LogP contribution in [0.1, 0.15) is 12.1 Å². The average molecular weight is 240 g/mol. The maximum atomic E-state index is 12.0. The molecule has 1 rings (SSSR count). The lowest BCUT2D eigenvalue weighted by molar-refractivity contribution is 0.141. The molecule has 66 valence electrons. The zero-order valence-electron chi connectivity index (χ0n) is 5.64. The van der Waals surface area contributed by atoms with Crippen molar-refractivity contribution in [1.82, 2.24) is 4.98 Å². The molecule has 0 radical (unpaired) electrons. The van der Waals surface area contributed by atoms with Crippen molar-refractivity contribution in [3.8, 4) is 5.75 Å². The average Bonchev–Trinajstić information content (AvgIpc) is 1.96. The van der Waals surface area contributed by atoms with Crippen LogP contribution in [0, 0.1) is 0 Å². The van der Waals surface area contributed by atoms with E-state index in [-0.39, 0.29) is 4.60 Å². The number of rotatable bonds is 1. The van der Waals surface area contributed by atoms with Crippen molar-refractivity contribution in [3.63, 3.8) is 0 Å². The highest BCUT2D eigenvalue weighted by Gasteiger charge is 2.16. The van der Waals surface area contributed by atoms with Crippen LogP contribution in [0.25, 0.3) is 0 Å². The summed E-state index contributed by atoms with van der Waals surface area (Å²) >= 11 is 2.82. The van der Waals surface area contributed by atoms with E-state index in [1.165, 1.54) is 0 Å². The summed E-state index contributed by atoms with van der Waals surface area (Å²) in [6.07, 6.45) is -2.89. The number of aromatic nitrogens is 1. The van der Waals surface area contributed by atoms with Gasteiger partial charge >= 0.3 is 0 Å². The molecule has 0 aromatic carbocycles. The van der Waals surface area contributed by atoms with Crippen molar-refractivity contribution in [1.29, 1.82) is 0 Å². The highest BCUT2D eigenvalue weighted by atomic mass is 79.9. The van der Waals surface area contributed by atoms with Crippen LogP contribution < -0.4 is 5.43 Å². The van der Waals surface area contributed by atoms with Gasteiger partial charge in [0, 0.05) is 6.07 Å². The maximum Gasteiger partial charge on any atom is 0.282 e. The van der Waals surface area contributed by atoms with Crippen LogP contribution in [0.5, 0.6) is 5.75 Å². The number of pyridine rings is 1. The normalized spacial score (nSPS) is 10.7. The smallest absolute Gasteiger partial charge is 0.282 e. The summed E-state index contributed by atoms with van der Waals surface area (Å²) in [5.74, 6) is -0.937. The van der Waals surface area contributed by atoms with Crippen LogP contribution >= 0.6 is 15.9 Å². The second-order valence-corrected chi connectivity index (χ2v) is 2.90. The molecule has 0 aliphatic rings. The molecule has 0 aliphatic carbocycles. The molecule has 0 spiro atoms. The van der Waals surface area contributed by atoms with Gasteiger partial charge in [-0.2, -0.15) is 0 Å². The molecule has 1 heterocycles. The zero-order chi connectivity index (χ0) is 9.30. The largest absolute Gasteiger partial charge is 0.503 e. The van der Waals surface area contributed by atoms with E-state index >= 15 is 0 Å². The maximum absolute atomic E-state index is 12.0. The third kappa shape index (κ3) is 1.63. The molecule has 12 heavy (non-hydrogen) atoms. The summed E-state index contributed by atoms with van der Waals surface area (Å²) in [5, 5.41) is 8.85. The van der Waals surface area contributed by atoms with E-state index in [0.29, 0.717) is 0 Å². The minimum atomic E-state index is -2.89. The van der Waals surface area contributed by atoms with Crippen molar-refractivity contribution in [2.24, 2.45) is 0 Å². The van der Waals surface area contributed by atoms with Crippen LogP contribution in [-0.4, -0.2) is 10.1 Å². The van der Waals surface area contributed by atoms with E-state index in [2.05, 4.69) is 20.9 Å². The molecule has 0 atom stereocenters. The predicted molar refractivity (Wildman–Crippen MR) is 41.4 cm³/mol. The molecule has 6 heteroatoms. The standard InChI is InChI=1S/C6H4BrF2NO2/c7-3-1-2(11)5(12)4(10-3)6(8)9/h1,6,12H,(H,10,11). The van der Waals surface area contributed by atoms with Crippen molar-refractivity contribution in [3.05, 3.63) is 26.6 Å². The number of H-pyrrole nitrogens is 1. The number of hydrogen-bond donors (Lipinski definition) is 2. The molecule has 1 aromatic heterocycles. The number of hydrogen-bond acceptors (Lipinski definition) is 2. The number of halogens is 3. The van der Waals surface area contributed by atoms with Gasteiger partial charge in [-0.1, -0.05) is 0 Å². The lowest BCUT2D eigenvalue weighted by Gasteiger charge is -2.02. The van der Waals surface area contributed by atoms with Gasteiger partial charge in [0.1, 0.15) is 5.69 Å². The summed E-state index contributed by atoms with van der Waals surface area (Å²) in [5.41, 5.74) is -1.61. The van der Waals surface area contributed by atoms with Crippen LogP contribution in [0.15, 0.2) is 15.5 Å². The van der Waals surface area contributed by atoms with Gasteiger partial charge in [0.25, 0.3) is 6.43 Å².